The van der Waals surface area contributed by atoms with E-state index in [1.165, 1.54) is 19.3 Å². The van der Waals surface area contributed by atoms with E-state index in [0.717, 1.165) is 40.7 Å². The number of hydrogen-bond acceptors (Lipinski definition) is 2. The lowest BCUT2D eigenvalue weighted by molar-refractivity contribution is 0.305. The number of unbranched alkanes of at least 4 members (excludes halogenated alkanes) is 3. The molecule has 1 nitrogen and oxygen atoms in total. The van der Waals surface area contributed by atoms with E-state index in [0.29, 0.717) is 0 Å². The minimum absolute atomic E-state index is 0.785. The van der Waals surface area contributed by atoms with E-state index in [9.17, 15) is 0 Å². The predicted octanol–water partition coefficient (Wildman–Crippen LogP) is 4.83. The summed E-state index contributed by atoms with van der Waals surface area (Å²) in [6.07, 6.45) is 4.76. The van der Waals surface area contributed by atoms with Gasteiger partial charge in [0.2, 0.25) is 0 Å². The maximum Gasteiger partial charge on any atom is 0.119 e. The molecule has 1 rings (SSSR count). The monoisotopic (exact) mass is 272 g/mol. The van der Waals surface area contributed by atoms with Crippen molar-refractivity contribution in [3.8, 4) is 5.75 Å². The van der Waals surface area contributed by atoms with E-state index in [-0.39, 0.29) is 0 Å². The first-order valence-electron chi connectivity index (χ1n) is 6.15. The van der Waals surface area contributed by atoms with E-state index >= 15 is 0 Å². The van der Waals surface area contributed by atoms with Gasteiger partial charge in [0.05, 0.1) is 6.61 Å². The van der Waals surface area contributed by atoms with Crippen LogP contribution < -0.4 is 4.74 Å². The van der Waals surface area contributed by atoms with Crippen molar-refractivity contribution in [1.82, 2.24) is 0 Å². The van der Waals surface area contributed by atoms with Crippen molar-refractivity contribution in [3.63, 3.8) is 0 Å². The average Bonchev–Trinajstić information content (AvgIpc) is 2.30. The molecule has 0 bridgehead atoms. The highest BCUT2D eigenvalue weighted by atomic mass is 35.5. The number of aryl methyl sites for hydroxylation is 2. The Hall–Kier alpha value is -0.340. The zero-order valence-electron chi connectivity index (χ0n) is 10.6. The van der Waals surface area contributed by atoms with E-state index in [1.807, 2.05) is 26.0 Å². The van der Waals surface area contributed by atoms with Crippen LogP contribution >= 0.6 is 24.2 Å². The van der Waals surface area contributed by atoms with Gasteiger partial charge in [-0.05, 0) is 55.7 Å². The summed E-state index contributed by atoms with van der Waals surface area (Å²) in [5.41, 5.74) is 2.16. The third-order valence-electron chi connectivity index (χ3n) is 2.73. The number of ether oxygens (including phenoxy) is 1. The molecule has 1 aromatic rings. The van der Waals surface area contributed by atoms with Gasteiger partial charge in [0.1, 0.15) is 5.75 Å². The Morgan fingerprint density at radius 2 is 1.65 bits per heavy atom. The molecule has 3 heteroatoms. The third kappa shape index (κ3) is 5.22. The first kappa shape index (κ1) is 14.7. The normalized spacial score (nSPS) is 10.6. The summed E-state index contributed by atoms with van der Waals surface area (Å²) < 4.78 is 5.73. The van der Waals surface area contributed by atoms with Crippen LogP contribution in [0.15, 0.2) is 12.1 Å². The van der Waals surface area contributed by atoms with Gasteiger partial charge in [-0.15, -0.1) is 0 Å². The van der Waals surface area contributed by atoms with Gasteiger partial charge in [0.25, 0.3) is 0 Å². The van der Waals surface area contributed by atoms with Crippen molar-refractivity contribution in [2.75, 3.05) is 12.4 Å². The van der Waals surface area contributed by atoms with Crippen molar-refractivity contribution in [3.05, 3.63) is 28.3 Å². The molecule has 0 fully saturated rings. The lowest BCUT2D eigenvalue weighted by Crippen LogP contribution is -1.98. The zero-order valence-corrected chi connectivity index (χ0v) is 12.3. The van der Waals surface area contributed by atoms with Gasteiger partial charge in [-0.2, -0.15) is 12.6 Å². The lowest BCUT2D eigenvalue weighted by Gasteiger charge is -2.09. The largest absolute Gasteiger partial charge is 0.494 e. The van der Waals surface area contributed by atoms with Gasteiger partial charge >= 0.3 is 0 Å². The highest BCUT2D eigenvalue weighted by Crippen LogP contribution is 2.25. The molecule has 0 amide bonds. The minimum atomic E-state index is 0.785. The molecule has 0 aliphatic carbocycles. The second kappa shape index (κ2) is 7.88. The quantitative estimate of drug-likeness (QED) is 0.553. The second-order valence-electron chi connectivity index (χ2n) is 4.36. The summed E-state index contributed by atoms with van der Waals surface area (Å²) >= 11 is 10.3. The number of benzene rings is 1. The molecule has 0 N–H and O–H groups in total. The fraction of sp³-hybridized carbons (Fsp3) is 0.571. The smallest absolute Gasteiger partial charge is 0.119 e. The van der Waals surface area contributed by atoms with E-state index in [2.05, 4.69) is 12.6 Å². The Balaban J connectivity index is 2.32. The van der Waals surface area contributed by atoms with Crippen LogP contribution in [0.1, 0.15) is 36.8 Å². The maximum atomic E-state index is 6.11. The first-order chi connectivity index (χ1) is 8.15. The Labute approximate surface area is 115 Å². The molecule has 0 saturated carbocycles. The molecule has 0 aromatic heterocycles. The molecule has 0 spiro atoms. The molecule has 0 heterocycles. The van der Waals surface area contributed by atoms with Crippen molar-refractivity contribution < 1.29 is 4.74 Å². The SMILES string of the molecule is Cc1cc(OCCCCCCS)cc(C)c1Cl. The third-order valence-corrected chi connectivity index (χ3v) is 3.64. The van der Waals surface area contributed by atoms with Crippen molar-refractivity contribution in [1.29, 1.82) is 0 Å². The molecular weight excluding hydrogens is 252 g/mol. The van der Waals surface area contributed by atoms with Gasteiger partial charge in [-0.3, -0.25) is 0 Å². The summed E-state index contributed by atoms with van der Waals surface area (Å²) in [5, 5.41) is 0.839. The van der Waals surface area contributed by atoms with Crippen molar-refractivity contribution in [2.45, 2.75) is 39.5 Å². The minimum Gasteiger partial charge on any atom is -0.494 e. The van der Waals surface area contributed by atoms with Crippen LogP contribution in [0.5, 0.6) is 5.75 Å². The average molecular weight is 273 g/mol. The standard InChI is InChI=1S/C14H21ClOS/c1-11-9-13(10-12(2)14(11)15)16-7-5-3-4-6-8-17/h9-10,17H,3-8H2,1-2H3. The zero-order chi connectivity index (χ0) is 12.7. The lowest BCUT2D eigenvalue weighted by atomic mass is 10.1. The van der Waals surface area contributed by atoms with Crippen LogP contribution in [0.3, 0.4) is 0 Å². The van der Waals surface area contributed by atoms with Crippen LogP contribution in [-0.2, 0) is 0 Å². The Bertz CT molecular complexity index is 329. The van der Waals surface area contributed by atoms with Crippen LogP contribution in [-0.4, -0.2) is 12.4 Å². The molecule has 0 atom stereocenters. The van der Waals surface area contributed by atoms with Crippen LogP contribution in [0.2, 0.25) is 5.02 Å². The highest BCUT2D eigenvalue weighted by Gasteiger charge is 2.03. The Kier molecular flexibility index (Phi) is 6.83. The summed E-state index contributed by atoms with van der Waals surface area (Å²) in [6.45, 7) is 4.80. The number of thiol groups is 1. The van der Waals surface area contributed by atoms with E-state index in [1.54, 1.807) is 0 Å². The number of hydrogen-bond donors (Lipinski definition) is 1. The molecule has 0 unspecified atom stereocenters. The molecular formula is C14H21ClOS. The fourth-order valence-corrected chi connectivity index (χ4v) is 2.08. The number of rotatable bonds is 7. The van der Waals surface area contributed by atoms with Gasteiger partial charge < -0.3 is 4.74 Å². The van der Waals surface area contributed by atoms with Gasteiger partial charge in [-0.25, -0.2) is 0 Å². The summed E-state index contributed by atoms with van der Waals surface area (Å²) in [7, 11) is 0. The summed E-state index contributed by atoms with van der Waals surface area (Å²) in [4.78, 5) is 0. The highest BCUT2D eigenvalue weighted by molar-refractivity contribution is 7.80. The van der Waals surface area contributed by atoms with E-state index in [4.69, 9.17) is 16.3 Å². The molecule has 0 radical (unpaired) electrons. The van der Waals surface area contributed by atoms with Gasteiger partial charge in [-0.1, -0.05) is 24.4 Å². The van der Waals surface area contributed by atoms with Crippen LogP contribution in [0.25, 0.3) is 0 Å². The molecule has 17 heavy (non-hydrogen) atoms. The molecule has 1 aromatic carbocycles. The molecule has 0 aliphatic heterocycles. The van der Waals surface area contributed by atoms with Crippen molar-refractivity contribution in [2.24, 2.45) is 0 Å². The fourth-order valence-electron chi connectivity index (χ4n) is 1.75. The Morgan fingerprint density at radius 3 is 2.24 bits per heavy atom. The number of halogens is 1. The van der Waals surface area contributed by atoms with Crippen LogP contribution in [0, 0.1) is 13.8 Å². The topological polar surface area (TPSA) is 9.23 Å². The van der Waals surface area contributed by atoms with Gasteiger partial charge in [0, 0.05) is 5.02 Å². The Morgan fingerprint density at radius 1 is 1.06 bits per heavy atom. The van der Waals surface area contributed by atoms with E-state index < -0.39 is 0 Å². The summed E-state index contributed by atoms with van der Waals surface area (Å²) in [6, 6.07) is 4.01. The molecule has 0 saturated heterocycles. The predicted molar refractivity (Wildman–Crippen MR) is 78.7 cm³/mol. The van der Waals surface area contributed by atoms with Crippen LogP contribution in [0.4, 0.5) is 0 Å². The molecule has 96 valence electrons. The van der Waals surface area contributed by atoms with Gasteiger partial charge in [0.15, 0.2) is 0 Å². The summed E-state index contributed by atoms with van der Waals surface area (Å²) in [5.74, 6) is 1.91. The molecule has 0 aliphatic rings. The maximum absolute atomic E-state index is 6.11. The first-order valence-corrected chi connectivity index (χ1v) is 7.16. The van der Waals surface area contributed by atoms with Crippen molar-refractivity contribution >= 4 is 24.2 Å². The second-order valence-corrected chi connectivity index (χ2v) is 5.18.